The van der Waals surface area contributed by atoms with E-state index >= 15 is 0 Å². The van der Waals surface area contributed by atoms with Gasteiger partial charge in [0.05, 0.1) is 19.6 Å². The Bertz CT molecular complexity index is 787. The van der Waals surface area contributed by atoms with E-state index in [0.717, 1.165) is 22.4 Å². The molecule has 0 saturated carbocycles. The molecule has 2 N–H and O–H groups in total. The molecule has 2 aromatic carbocycles. The monoisotopic (exact) mass is 369 g/mol. The van der Waals surface area contributed by atoms with E-state index in [0.29, 0.717) is 12.8 Å². The van der Waals surface area contributed by atoms with E-state index in [4.69, 9.17) is 4.74 Å². The first kappa shape index (κ1) is 20.5. The third kappa shape index (κ3) is 6.13. The van der Waals surface area contributed by atoms with Crippen molar-refractivity contribution in [1.82, 2.24) is 5.32 Å². The highest BCUT2D eigenvalue weighted by molar-refractivity contribution is 5.78. The molecule has 0 aliphatic rings. The van der Waals surface area contributed by atoms with E-state index in [9.17, 15) is 14.7 Å². The number of carbonyl (C=O) groups excluding carboxylic acids is 1. The Morgan fingerprint density at radius 3 is 2.41 bits per heavy atom. The van der Waals surface area contributed by atoms with Crippen molar-refractivity contribution in [1.29, 1.82) is 0 Å². The summed E-state index contributed by atoms with van der Waals surface area (Å²) < 4.78 is 5.36. The van der Waals surface area contributed by atoms with Crippen LogP contribution < -0.4 is 10.1 Å². The van der Waals surface area contributed by atoms with Gasteiger partial charge in [-0.15, -0.1) is 0 Å². The molecular formula is C22H27NO4. The van der Waals surface area contributed by atoms with Crippen LogP contribution in [0.1, 0.15) is 42.5 Å². The van der Waals surface area contributed by atoms with Crippen LogP contribution in [-0.2, 0) is 16.0 Å². The number of methoxy groups -OCH3 is 1. The lowest BCUT2D eigenvalue weighted by Gasteiger charge is -2.21. The van der Waals surface area contributed by atoms with E-state index < -0.39 is 12.0 Å². The molecule has 0 aromatic heterocycles. The number of carboxylic acid groups (broad SMARTS) is 1. The number of para-hydroxylation sites is 1. The molecule has 2 aromatic rings. The van der Waals surface area contributed by atoms with Crippen molar-refractivity contribution >= 4 is 11.9 Å². The second-order valence-electron chi connectivity index (χ2n) is 6.90. The summed E-state index contributed by atoms with van der Waals surface area (Å²) >= 11 is 0. The number of benzene rings is 2. The third-order valence-electron chi connectivity index (χ3n) is 4.57. The van der Waals surface area contributed by atoms with Crippen molar-refractivity contribution in [2.45, 2.75) is 39.2 Å². The maximum absolute atomic E-state index is 12.5. The predicted molar refractivity (Wildman–Crippen MR) is 105 cm³/mol. The van der Waals surface area contributed by atoms with Crippen molar-refractivity contribution in [3.05, 3.63) is 65.2 Å². The average Bonchev–Trinajstić information content (AvgIpc) is 2.61. The first-order valence-electron chi connectivity index (χ1n) is 9.09. The van der Waals surface area contributed by atoms with E-state index in [1.807, 2.05) is 62.4 Å². The predicted octanol–water partition coefficient (Wildman–Crippen LogP) is 3.90. The van der Waals surface area contributed by atoms with Crippen molar-refractivity contribution in [2.24, 2.45) is 5.92 Å². The zero-order chi connectivity index (χ0) is 19.8. The molecular weight excluding hydrogens is 342 g/mol. The number of carboxylic acids is 1. The van der Waals surface area contributed by atoms with Crippen molar-refractivity contribution < 1.29 is 19.4 Å². The Kier molecular flexibility index (Phi) is 7.41. The number of aliphatic carboxylic acids is 1. The molecule has 0 fully saturated rings. The van der Waals surface area contributed by atoms with Crippen LogP contribution in [0.2, 0.25) is 0 Å². The van der Waals surface area contributed by atoms with Gasteiger partial charge in [-0.05, 0) is 42.0 Å². The Balaban J connectivity index is 2.02. The van der Waals surface area contributed by atoms with Gasteiger partial charge >= 0.3 is 5.97 Å². The van der Waals surface area contributed by atoms with E-state index in [2.05, 4.69) is 5.32 Å². The van der Waals surface area contributed by atoms with Gasteiger partial charge in [0.15, 0.2) is 0 Å². The standard InChI is InChI=1S/C22H27NO4/c1-15(12-17-9-5-7-11-20(17)27-3)13-21(24)23-19(14-22(25)26)18-10-6-4-8-16(18)2/h4-11,15,19H,12-14H2,1-3H3,(H,23,24)(H,25,26). The number of aryl methyl sites for hydroxylation is 1. The van der Waals surface area contributed by atoms with Crippen LogP contribution in [0, 0.1) is 12.8 Å². The van der Waals surface area contributed by atoms with Crippen molar-refractivity contribution in [2.75, 3.05) is 7.11 Å². The normalized spacial score (nSPS) is 12.9. The molecule has 2 unspecified atom stereocenters. The summed E-state index contributed by atoms with van der Waals surface area (Å²) in [6.07, 6.45) is 0.892. The highest BCUT2D eigenvalue weighted by Gasteiger charge is 2.21. The van der Waals surface area contributed by atoms with Crippen LogP contribution >= 0.6 is 0 Å². The van der Waals surface area contributed by atoms with Gasteiger partial charge < -0.3 is 15.2 Å². The summed E-state index contributed by atoms with van der Waals surface area (Å²) in [6, 6.07) is 14.8. The fourth-order valence-electron chi connectivity index (χ4n) is 3.28. The molecule has 0 aliphatic carbocycles. The number of rotatable bonds is 9. The maximum Gasteiger partial charge on any atom is 0.305 e. The second kappa shape index (κ2) is 9.76. The number of hydrogen-bond donors (Lipinski definition) is 2. The van der Waals surface area contributed by atoms with Gasteiger partial charge in [0.25, 0.3) is 0 Å². The first-order valence-corrected chi connectivity index (χ1v) is 9.09. The smallest absolute Gasteiger partial charge is 0.305 e. The molecule has 0 spiro atoms. The van der Waals surface area contributed by atoms with Crippen LogP contribution in [0.5, 0.6) is 5.75 Å². The summed E-state index contributed by atoms with van der Waals surface area (Å²) in [6.45, 7) is 3.92. The summed E-state index contributed by atoms with van der Waals surface area (Å²) in [5.74, 6) is -0.172. The van der Waals surface area contributed by atoms with Crippen LogP contribution in [-0.4, -0.2) is 24.1 Å². The molecule has 2 atom stereocenters. The van der Waals surface area contributed by atoms with Crippen LogP contribution in [0.3, 0.4) is 0 Å². The first-order chi connectivity index (χ1) is 12.9. The van der Waals surface area contributed by atoms with Crippen LogP contribution in [0.15, 0.2) is 48.5 Å². The molecule has 144 valence electrons. The minimum absolute atomic E-state index is 0.101. The van der Waals surface area contributed by atoms with Gasteiger partial charge in [0.1, 0.15) is 5.75 Å². The SMILES string of the molecule is COc1ccccc1CC(C)CC(=O)NC(CC(=O)O)c1ccccc1C. The lowest BCUT2D eigenvalue weighted by Crippen LogP contribution is -2.31. The maximum atomic E-state index is 12.5. The molecule has 0 radical (unpaired) electrons. The average molecular weight is 369 g/mol. The quantitative estimate of drug-likeness (QED) is 0.703. The van der Waals surface area contributed by atoms with Crippen molar-refractivity contribution in [3.8, 4) is 5.75 Å². The van der Waals surface area contributed by atoms with Crippen molar-refractivity contribution in [3.63, 3.8) is 0 Å². The Labute approximate surface area is 160 Å². The molecule has 27 heavy (non-hydrogen) atoms. The van der Waals surface area contributed by atoms with E-state index in [1.54, 1.807) is 7.11 Å². The Hall–Kier alpha value is -2.82. The minimum atomic E-state index is -0.939. The zero-order valence-electron chi connectivity index (χ0n) is 16.1. The second-order valence-corrected chi connectivity index (χ2v) is 6.90. The zero-order valence-corrected chi connectivity index (χ0v) is 16.1. The molecule has 5 heteroatoms. The Morgan fingerprint density at radius 2 is 1.74 bits per heavy atom. The van der Waals surface area contributed by atoms with Crippen LogP contribution in [0.25, 0.3) is 0 Å². The lowest BCUT2D eigenvalue weighted by molar-refractivity contribution is -0.137. The van der Waals surface area contributed by atoms with Gasteiger partial charge in [-0.3, -0.25) is 9.59 Å². The summed E-state index contributed by atoms with van der Waals surface area (Å²) in [7, 11) is 1.63. The molecule has 2 rings (SSSR count). The Morgan fingerprint density at radius 1 is 1.07 bits per heavy atom. The molecule has 5 nitrogen and oxygen atoms in total. The van der Waals surface area contributed by atoms with E-state index in [1.165, 1.54) is 0 Å². The van der Waals surface area contributed by atoms with Gasteiger partial charge in [-0.25, -0.2) is 0 Å². The number of ether oxygens (including phenoxy) is 1. The number of amides is 1. The highest BCUT2D eigenvalue weighted by atomic mass is 16.5. The summed E-state index contributed by atoms with van der Waals surface area (Å²) in [5, 5.41) is 12.1. The van der Waals surface area contributed by atoms with Gasteiger partial charge in [0, 0.05) is 6.42 Å². The highest BCUT2D eigenvalue weighted by Crippen LogP contribution is 2.24. The number of hydrogen-bond acceptors (Lipinski definition) is 3. The fourth-order valence-corrected chi connectivity index (χ4v) is 3.28. The molecule has 0 saturated heterocycles. The van der Waals surface area contributed by atoms with Gasteiger partial charge in [-0.1, -0.05) is 49.4 Å². The lowest BCUT2D eigenvalue weighted by atomic mass is 9.95. The summed E-state index contributed by atoms with van der Waals surface area (Å²) in [5.41, 5.74) is 2.86. The third-order valence-corrected chi connectivity index (χ3v) is 4.57. The minimum Gasteiger partial charge on any atom is -0.496 e. The topological polar surface area (TPSA) is 75.6 Å². The van der Waals surface area contributed by atoms with Gasteiger partial charge in [-0.2, -0.15) is 0 Å². The molecule has 0 aliphatic heterocycles. The summed E-state index contributed by atoms with van der Waals surface area (Å²) in [4.78, 5) is 23.8. The largest absolute Gasteiger partial charge is 0.496 e. The molecule has 1 amide bonds. The molecule has 0 heterocycles. The number of nitrogens with one attached hydrogen (secondary N) is 1. The van der Waals surface area contributed by atoms with E-state index in [-0.39, 0.29) is 18.2 Å². The number of carbonyl (C=O) groups is 2. The van der Waals surface area contributed by atoms with Gasteiger partial charge in [0.2, 0.25) is 5.91 Å². The molecule has 0 bridgehead atoms. The fraction of sp³-hybridized carbons (Fsp3) is 0.364. The van der Waals surface area contributed by atoms with Crippen LogP contribution in [0.4, 0.5) is 0 Å².